The number of nitrogens with zero attached hydrogens (tertiary/aromatic N) is 2. The average molecular weight is 276 g/mol. The van der Waals surface area contributed by atoms with Crippen LogP contribution in [-0.2, 0) is 14.4 Å². The highest BCUT2D eigenvalue weighted by atomic mass is 16.2. The van der Waals surface area contributed by atoms with E-state index in [1.807, 2.05) is 13.8 Å². The molecule has 0 saturated carbocycles. The van der Waals surface area contributed by atoms with Crippen molar-refractivity contribution in [3.63, 3.8) is 0 Å². The molecular formula is C15H20N2O3. The summed E-state index contributed by atoms with van der Waals surface area (Å²) in [4.78, 5) is 39.7. The van der Waals surface area contributed by atoms with Gasteiger partial charge in [0.05, 0.1) is 10.8 Å². The number of ketones is 1. The maximum Gasteiger partial charge on any atom is 0.246 e. The van der Waals surface area contributed by atoms with Gasteiger partial charge in [-0.1, -0.05) is 13.2 Å². The number of amides is 2. The molecule has 5 nitrogen and oxygen atoms in total. The lowest BCUT2D eigenvalue weighted by molar-refractivity contribution is -0.163. The number of hydrogen-bond donors (Lipinski definition) is 0. The van der Waals surface area contributed by atoms with Crippen LogP contribution in [0.1, 0.15) is 13.8 Å². The van der Waals surface area contributed by atoms with Crippen molar-refractivity contribution >= 4 is 17.6 Å². The van der Waals surface area contributed by atoms with Crippen molar-refractivity contribution in [2.24, 2.45) is 10.8 Å². The Balaban J connectivity index is 2.36. The van der Waals surface area contributed by atoms with Crippen LogP contribution in [0.4, 0.5) is 0 Å². The largest absolute Gasteiger partial charge is 0.337 e. The summed E-state index contributed by atoms with van der Waals surface area (Å²) in [5, 5.41) is 0. The number of likely N-dealkylation sites (tertiary alicyclic amines) is 2. The van der Waals surface area contributed by atoms with E-state index in [1.54, 1.807) is 9.80 Å². The summed E-state index contributed by atoms with van der Waals surface area (Å²) in [6, 6.07) is 0. The Morgan fingerprint density at radius 2 is 1.25 bits per heavy atom. The fraction of sp³-hybridized carbons (Fsp3) is 0.533. The summed E-state index contributed by atoms with van der Waals surface area (Å²) < 4.78 is 0. The fourth-order valence-electron chi connectivity index (χ4n) is 3.48. The molecule has 2 fully saturated rings. The molecule has 2 amide bonds. The molecule has 5 heteroatoms. The number of Topliss-reactive ketones (excluding diaryl/α,β-unsaturated/α-hetero) is 1. The Morgan fingerprint density at radius 3 is 1.50 bits per heavy atom. The first-order valence-corrected chi connectivity index (χ1v) is 6.63. The predicted molar refractivity (Wildman–Crippen MR) is 74.8 cm³/mol. The monoisotopic (exact) mass is 276 g/mol. The highest BCUT2D eigenvalue weighted by molar-refractivity contribution is 5.97. The number of piperidine rings is 2. The first kappa shape index (κ1) is 14.5. The molecule has 108 valence electrons. The molecule has 0 radical (unpaired) electrons. The molecule has 0 unspecified atom stereocenters. The predicted octanol–water partition coefficient (Wildman–Crippen LogP) is 0.625. The van der Waals surface area contributed by atoms with Gasteiger partial charge in [-0.2, -0.15) is 0 Å². The third-order valence-electron chi connectivity index (χ3n) is 4.23. The summed E-state index contributed by atoms with van der Waals surface area (Å²) in [5.41, 5.74) is -1.44. The lowest BCUT2D eigenvalue weighted by Gasteiger charge is -2.54. The summed E-state index contributed by atoms with van der Waals surface area (Å²) in [7, 11) is 0. The van der Waals surface area contributed by atoms with Crippen LogP contribution in [0.25, 0.3) is 0 Å². The van der Waals surface area contributed by atoms with Gasteiger partial charge < -0.3 is 9.80 Å². The van der Waals surface area contributed by atoms with Gasteiger partial charge in [-0.25, -0.2) is 0 Å². The van der Waals surface area contributed by atoms with E-state index in [2.05, 4.69) is 13.2 Å². The van der Waals surface area contributed by atoms with Gasteiger partial charge >= 0.3 is 0 Å². The van der Waals surface area contributed by atoms with Crippen LogP contribution in [0.5, 0.6) is 0 Å². The molecule has 2 saturated heterocycles. The molecule has 2 aliphatic rings. The summed E-state index contributed by atoms with van der Waals surface area (Å²) in [6.45, 7) is 11.9. The Labute approximate surface area is 118 Å². The van der Waals surface area contributed by atoms with Crippen LogP contribution in [0.2, 0.25) is 0 Å². The average Bonchev–Trinajstić information content (AvgIpc) is 2.40. The molecule has 0 N–H and O–H groups in total. The first-order chi connectivity index (χ1) is 9.25. The second-order valence-electron chi connectivity index (χ2n) is 6.25. The molecule has 0 aromatic carbocycles. The van der Waals surface area contributed by atoms with Gasteiger partial charge in [0.1, 0.15) is 0 Å². The van der Waals surface area contributed by atoms with Crippen LogP contribution in [0, 0.1) is 10.8 Å². The van der Waals surface area contributed by atoms with Crippen LogP contribution < -0.4 is 0 Å². The summed E-state index contributed by atoms with van der Waals surface area (Å²) in [5.74, 6) is -0.205. The van der Waals surface area contributed by atoms with Crippen molar-refractivity contribution in [1.82, 2.24) is 9.80 Å². The van der Waals surface area contributed by atoms with E-state index in [1.165, 1.54) is 12.2 Å². The third-order valence-corrected chi connectivity index (χ3v) is 4.23. The number of hydrogen-bond acceptors (Lipinski definition) is 3. The van der Waals surface area contributed by atoms with Crippen LogP contribution >= 0.6 is 0 Å². The van der Waals surface area contributed by atoms with Gasteiger partial charge in [0.25, 0.3) is 0 Å². The first-order valence-electron chi connectivity index (χ1n) is 6.63. The Kier molecular flexibility index (Phi) is 3.32. The van der Waals surface area contributed by atoms with Crippen LogP contribution in [0.3, 0.4) is 0 Å². The fourth-order valence-corrected chi connectivity index (χ4v) is 3.48. The van der Waals surface area contributed by atoms with Gasteiger partial charge in [0.15, 0.2) is 5.78 Å². The van der Waals surface area contributed by atoms with E-state index >= 15 is 0 Å². The van der Waals surface area contributed by atoms with E-state index in [4.69, 9.17) is 0 Å². The Hall–Kier alpha value is -1.91. The molecule has 0 atom stereocenters. The van der Waals surface area contributed by atoms with Gasteiger partial charge in [-0.05, 0) is 26.0 Å². The molecule has 0 aromatic heterocycles. The molecule has 0 aliphatic carbocycles. The van der Waals surface area contributed by atoms with Crippen molar-refractivity contribution < 1.29 is 14.4 Å². The second-order valence-corrected chi connectivity index (χ2v) is 6.25. The van der Waals surface area contributed by atoms with E-state index in [0.717, 1.165) is 0 Å². The molecular weight excluding hydrogens is 256 g/mol. The zero-order chi connectivity index (χ0) is 15.1. The van der Waals surface area contributed by atoms with Crippen LogP contribution in [-0.4, -0.2) is 53.6 Å². The van der Waals surface area contributed by atoms with E-state index in [-0.39, 0.29) is 17.6 Å². The quantitative estimate of drug-likeness (QED) is 0.695. The molecule has 20 heavy (non-hydrogen) atoms. The Bertz CT molecular complexity index is 453. The summed E-state index contributed by atoms with van der Waals surface area (Å²) >= 11 is 0. The smallest absolute Gasteiger partial charge is 0.246 e. The molecule has 2 bridgehead atoms. The topological polar surface area (TPSA) is 57.7 Å². The number of rotatable bonds is 2. The lowest BCUT2D eigenvalue weighted by Crippen LogP contribution is -2.69. The van der Waals surface area contributed by atoms with Gasteiger partial charge in [0.2, 0.25) is 11.8 Å². The standard InChI is InChI=1S/C15H20N2O3/c1-5-11(18)16-7-14(3)9-17(12(19)6-2)10-15(4,8-16)13(14)20/h5-6H,1-2,7-10H2,3-4H3. The Morgan fingerprint density at radius 1 is 0.950 bits per heavy atom. The van der Waals surface area contributed by atoms with E-state index < -0.39 is 10.8 Å². The second kappa shape index (κ2) is 4.58. The molecule has 0 aromatic rings. The van der Waals surface area contributed by atoms with Crippen molar-refractivity contribution in [3.05, 3.63) is 25.3 Å². The van der Waals surface area contributed by atoms with Crippen molar-refractivity contribution in [3.8, 4) is 0 Å². The minimum absolute atomic E-state index is 0.131. The van der Waals surface area contributed by atoms with Gasteiger partial charge in [0, 0.05) is 26.2 Å². The maximum absolute atomic E-state index is 12.6. The maximum atomic E-state index is 12.6. The third kappa shape index (κ3) is 2.07. The normalized spacial score (nSPS) is 32.8. The zero-order valence-electron chi connectivity index (χ0n) is 12.0. The zero-order valence-corrected chi connectivity index (χ0v) is 12.0. The SMILES string of the molecule is C=CC(=O)N1CC2(C)CN(C(=O)C=C)CC(C)(C1)C2=O. The van der Waals surface area contributed by atoms with Gasteiger partial charge in [-0.15, -0.1) is 0 Å². The molecule has 2 heterocycles. The highest BCUT2D eigenvalue weighted by Crippen LogP contribution is 2.42. The lowest BCUT2D eigenvalue weighted by atomic mass is 9.64. The minimum Gasteiger partial charge on any atom is -0.337 e. The molecule has 2 aliphatic heterocycles. The van der Waals surface area contributed by atoms with Crippen LogP contribution in [0.15, 0.2) is 25.3 Å². The van der Waals surface area contributed by atoms with E-state index in [9.17, 15) is 14.4 Å². The van der Waals surface area contributed by atoms with Crippen molar-refractivity contribution in [2.75, 3.05) is 26.2 Å². The summed E-state index contributed by atoms with van der Waals surface area (Å²) in [6.07, 6.45) is 2.54. The minimum atomic E-state index is -0.720. The number of carbonyl (C=O) groups is 3. The van der Waals surface area contributed by atoms with E-state index in [0.29, 0.717) is 26.2 Å². The number of carbonyl (C=O) groups excluding carboxylic acids is 3. The molecule has 2 rings (SSSR count). The highest BCUT2D eigenvalue weighted by Gasteiger charge is 2.56. The van der Waals surface area contributed by atoms with Gasteiger partial charge in [-0.3, -0.25) is 14.4 Å². The van der Waals surface area contributed by atoms with Crippen molar-refractivity contribution in [1.29, 1.82) is 0 Å². The number of fused-ring (bicyclic) bond motifs is 2. The van der Waals surface area contributed by atoms with Crippen molar-refractivity contribution in [2.45, 2.75) is 13.8 Å². The molecule has 0 spiro atoms.